The van der Waals surface area contributed by atoms with Crippen LogP contribution in [0.4, 0.5) is 0 Å². The number of phosphoric ester groups is 1. The van der Waals surface area contributed by atoms with E-state index < -0.39 is 26.5 Å². The maximum Gasteiger partial charge on any atom is 0.472 e. The van der Waals surface area contributed by atoms with Crippen LogP contribution in [0.5, 0.6) is 0 Å². The van der Waals surface area contributed by atoms with Crippen LogP contribution in [0.1, 0.15) is 200 Å². The Morgan fingerprint density at radius 1 is 0.564 bits per heavy atom. The molecule has 10 heteroatoms. The number of rotatable bonds is 41. The Hall–Kier alpha value is -1.51. The molecule has 0 rings (SSSR count). The zero-order chi connectivity index (χ0) is 40.7. The Morgan fingerprint density at radius 2 is 1.00 bits per heavy atom. The monoisotopic (exact) mass is 801 g/mol. The van der Waals surface area contributed by atoms with Crippen molar-refractivity contribution in [2.24, 2.45) is 0 Å². The summed E-state index contributed by atoms with van der Waals surface area (Å²) in [7, 11) is 1.47. The van der Waals surface area contributed by atoms with Crippen molar-refractivity contribution >= 4 is 19.8 Å². The maximum atomic E-state index is 12.7. The van der Waals surface area contributed by atoms with E-state index in [2.05, 4.69) is 38.2 Å². The van der Waals surface area contributed by atoms with Crippen molar-refractivity contribution in [2.45, 2.75) is 206 Å². The number of quaternary nitrogens is 1. The van der Waals surface area contributed by atoms with Gasteiger partial charge in [-0.3, -0.25) is 18.6 Å². The highest BCUT2D eigenvalue weighted by Gasteiger charge is 2.27. The smallest absolute Gasteiger partial charge is 0.462 e. The van der Waals surface area contributed by atoms with Crippen molar-refractivity contribution in [2.75, 3.05) is 47.5 Å². The molecule has 0 heterocycles. The average molecular weight is 801 g/mol. The number of hydrogen-bond donors (Lipinski definition) is 1. The fourth-order valence-electron chi connectivity index (χ4n) is 6.15. The molecule has 2 atom stereocenters. The summed E-state index contributed by atoms with van der Waals surface area (Å²) in [6, 6.07) is 0. The lowest BCUT2D eigenvalue weighted by molar-refractivity contribution is -0.870. The highest BCUT2D eigenvalue weighted by atomic mass is 31.2. The summed E-state index contributed by atoms with van der Waals surface area (Å²) < 4.78 is 34.3. The quantitative estimate of drug-likeness (QED) is 0.0214. The van der Waals surface area contributed by atoms with E-state index in [1.54, 1.807) is 0 Å². The van der Waals surface area contributed by atoms with Gasteiger partial charge in [-0.25, -0.2) is 4.57 Å². The molecular weight excluding hydrogens is 713 g/mol. The molecule has 0 amide bonds. The van der Waals surface area contributed by atoms with Crippen LogP contribution in [0.25, 0.3) is 0 Å². The van der Waals surface area contributed by atoms with Crippen molar-refractivity contribution in [3.8, 4) is 0 Å². The summed E-state index contributed by atoms with van der Waals surface area (Å²) in [5.41, 5.74) is 0. The van der Waals surface area contributed by atoms with Crippen molar-refractivity contribution in [1.82, 2.24) is 0 Å². The molecule has 9 nitrogen and oxygen atoms in total. The fraction of sp³-hybridized carbons (Fsp3) is 0.867. The lowest BCUT2D eigenvalue weighted by atomic mass is 10.0. The molecule has 0 aliphatic carbocycles. The number of esters is 2. The van der Waals surface area contributed by atoms with Gasteiger partial charge in [0.05, 0.1) is 27.7 Å². The SMILES string of the molecule is CCCC/C=C\C/C=C\CCCCCCCC(=O)OC(COC(=O)CCCCCCCCCCCCCCCCCCC)COP(=O)(O)OCC[N+](C)(C)C. The number of phosphoric acid groups is 1. The summed E-state index contributed by atoms with van der Waals surface area (Å²) in [6.07, 6.45) is 40.8. The van der Waals surface area contributed by atoms with E-state index in [1.807, 2.05) is 21.1 Å². The van der Waals surface area contributed by atoms with Crippen LogP contribution < -0.4 is 0 Å². The van der Waals surface area contributed by atoms with Crippen LogP contribution in [-0.4, -0.2) is 74.9 Å². The molecule has 1 N–H and O–H groups in total. The predicted octanol–water partition coefficient (Wildman–Crippen LogP) is 12.7. The Bertz CT molecular complexity index is 996. The number of unbranched alkanes of at least 4 members (excludes halogenated alkanes) is 23. The normalized spacial score (nSPS) is 13.8. The van der Waals surface area contributed by atoms with E-state index in [1.165, 1.54) is 103 Å². The molecule has 2 unspecified atom stereocenters. The number of carbonyl (C=O) groups is 2. The fourth-order valence-corrected chi connectivity index (χ4v) is 6.89. The third-order valence-corrected chi connectivity index (χ3v) is 10.7. The Labute approximate surface area is 339 Å². The molecule has 0 fully saturated rings. The maximum absolute atomic E-state index is 12.7. The topological polar surface area (TPSA) is 108 Å². The van der Waals surface area contributed by atoms with E-state index in [-0.39, 0.29) is 25.6 Å². The first-order chi connectivity index (χ1) is 26.5. The number of hydrogen-bond acceptors (Lipinski definition) is 7. The molecule has 0 spiro atoms. The molecule has 0 aromatic carbocycles. The molecule has 0 saturated carbocycles. The molecule has 0 saturated heterocycles. The zero-order valence-corrected chi connectivity index (χ0v) is 37.3. The number of likely N-dealkylation sites (N-methyl/N-ethyl adjacent to an activating group) is 1. The molecule has 0 aliphatic rings. The molecule has 324 valence electrons. The van der Waals surface area contributed by atoms with Gasteiger partial charge in [-0.15, -0.1) is 0 Å². The van der Waals surface area contributed by atoms with E-state index in [9.17, 15) is 19.0 Å². The number of allylic oxidation sites excluding steroid dienone is 4. The summed E-state index contributed by atoms with van der Waals surface area (Å²) in [5.74, 6) is -0.807. The first-order valence-electron chi connectivity index (χ1n) is 22.6. The van der Waals surface area contributed by atoms with Crippen molar-refractivity contribution in [3.63, 3.8) is 0 Å². The van der Waals surface area contributed by atoms with Crippen LogP contribution in [0, 0.1) is 0 Å². The first-order valence-corrected chi connectivity index (χ1v) is 24.1. The largest absolute Gasteiger partial charge is 0.472 e. The van der Waals surface area contributed by atoms with Crippen molar-refractivity contribution in [3.05, 3.63) is 24.3 Å². The molecule has 0 aliphatic heterocycles. The van der Waals surface area contributed by atoms with Gasteiger partial charge in [0.25, 0.3) is 0 Å². The molecule has 0 aromatic heterocycles. The second-order valence-electron chi connectivity index (χ2n) is 16.4. The second-order valence-corrected chi connectivity index (χ2v) is 17.9. The van der Waals surface area contributed by atoms with Gasteiger partial charge in [-0.1, -0.05) is 173 Å². The third-order valence-electron chi connectivity index (χ3n) is 9.73. The molecular formula is C45H87NO8P+. The van der Waals surface area contributed by atoms with Gasteiger partial charge >= 0.3 is 19.8 Å². The second kappa shape index (κ2) is 38.0. The number of ether oxygens (including phenoxy) is 2. The minimum Gasteiger partial charge on any atom is -0.462 e. The molecule has 0 radical (unpaired) electrons. The van der Waals surface area contributed by atoms with Crippen LogP contribution in [0.3, 0.4) is 0 Å². The van der Waals surface area contributed by atoms with Gasteiger partial charge in [0, 0.05) is 12.8 Å². The molecule has 0 aromatic rings. The Morgan fingerprint density at radius 3 is 1.49 bits per heavy atom. The van der Waals surface area contributed by atoms with Crippen LogP contribution in [-0.2, 0) is 32.7 Å². The van der Waals surface area contributed by atoms with Crippen molar-refractivity contribution in [1.29, 1.82) is 0 Å². The summed E-state index contributed by atoms with van der Waals surface area (Å²) >= 11 is 0. The van der Waals surface area contributed by atoms with Gasteiger partial charge in [0.2, 0.25) is 0 Å². The van der Waals surface area contributed by atoms with Gasteiger partial charge in [0.1, 0.15) is 19.8 Å². The summed E-state index contributed by atoms with van der Waals surface area (Å²) in [4.78, 5) is 35.4. The van der Waals surface area contributed by atoms with E-state index in [0.717, 1.165) is 64.2 Å². The molecule has 55 heavy (non-hydrogen) atoms. The van der Waals surface area contributed by atoms with Gasteiger partial charge in [0.15, 0.2) is 6.10 Å². The molecule has 0 bridgehead atoms. The van der Waals surface area contributed by atoms with E-state index in [4.69, 9.17) is 18.5 Å². The van der Waals surface area contributed by atoms with Crippen LogP contribution in [0.15, 0.2) is 24.3 Å². The zero-order valence-electron chi connectivity index (χ0n) is 36.4. The van der Waals surface area contributed by atoms with Crippen LogP contribution >= 0.6 is 7.82 Å². The minimum atomic E-state index is -4.37. The predicted molar refractivity (Wildman–Crippen MR) is 229 cm³/mol. The lowest BCUT2D eigenvalue weighted by Gasteiger charge is -2.24. The first kappa shape index (κ1) is 53.5. The summed E-state index contributed by atoms with van der Waals surface area (Å²) in [6.45, 7) is 4.38. The standard InChI is InChI=1S/C45H86NO8P/c1-6-8-10-12-14-16-18-20-22-23-24-26-27-29-31-33-35-37-44(47)51-41-43(42-53-55(49,50)52-40-39-46(3,4)5)54-45(48)38-36-34-32-30-28-25-21-19-17-15-13-11-9-7-2/h13,15,19,21,43H,6-12,14,16-18,20,22-42H2,1-5H3/p+1/b15-13-,21-19-. The summed E-state index contributed by atoms with van der Waals surface area (Å²) in [5, 5.41) is 0. The number of nitrogens with zero attached hydrogens (tertiary/aromatic N) is 1. The van der Waals surface area contributed by atoms with E-state index >= 15 is 0 Å². The highest BCUT2D eigenvalue weighted by molar-refractivity contribution is 7.47. The number of carbonyl (C=O) groups excluding carboxylic acids is 2. The van der Waals surface area contributed by atoms with Crippen LogP contribution in [0.2, 0.25) is 0 Å². The highest BCUT2D eigenvalue weighted by Crippen LogP contribution is 2.43. The van der Waals surface area contributed by atoms with Gasteiger partial charge in [-0.05, 0) is 38.5 Å². The Kier molecular flexibility index (Phi) is 37.0. The van der Waals surface area contributed by atoms with E-state index in [0.29, 0.717) is 23.9 Å². The minimum absolute atomic E-state index is 0.0306. The van der Waals surface area contributed by atoms with Gasteiger partial charge in [-0.2, -0.15) is 0 Å². The Balaban J connectivity index is 4.32. The van der Waals surface area contributed by atoms with Gasteiger partial charge < -0.3 is 18.9 Å². The lowest BCUT2D eigenvalue weighted by Crippen LogP contribution is -2.37. The third kappa shape index (κ3) is 41.9. The van der Waals surface area contributed by atoms with Crippen molar-refractivity contribution < 1.29 is 42.1 Å². The average Bonchev–Trinajstić information content (AvgIpc) is 3.13.